The minimum absolute atomic E-state index is 0. The zero-order valence-electron chi connectivity index (χ0n) is 16.3. The maximum Gasteiger partial charge on any atom is 0.191 e. The number of fused-ring (bicyclic) bond motifs is 1. The van der Waals surface area contributed by atoms with Crippen LogP contribution in [0.3, 0.4) is 0 Å². The molecule has 0 bridgehead atoms. The van der Waals surface area contributed by atoms with E-state index in [2.05, 4.69) is 49.4 Å². The minimum Gasteiger partial charge on any atom is -0.496 e. The van der Waals surface area contributed by atoms with Crippen LogP contribution in [-0.4, -0.2) is 41.4 Å². The fourth-order valence-electron chi connectivity index (χ4n) is 3.30. The van der Waals surface area contributed by atoms with Gasteiger partial charge in [0.1, 0.15) is 11.6 Å². The number of guanidine groups is 1. The molecule has 1 aromatic heterocycles. The summed E-state index contributed by atoms with van der Waals surface area (Å²) in [5.41, 5.74) is 2.43. The van der Waals surface area contributed by atoms with E-state index >= 15 is 0 Å². The first-order valence-corrected chi connectivity index (χ1v) is 9.20. The van der Waals surface area contributed by atoms with Gasteiger partial charge in [0.25, 0.3) is 0 Å². The van der Waals surface area contributed by atoms with Gasteiger partial charge in [-0.25, -0.2) is 0 Å². The molecule has 0 fully saturated rings. The summed E-state index contributed by atoms with van der Waals surface area (Å²) >= 11 is 0. The molecule has 2 aromatic rings. The molecule has 0 atom stereocenters. The fraction of sp³-hybridized carbons (Fsp3) is 0.526. The predicted octanol–water partition coefficient (Wildman–Crippen LogP) is 2.46. The number of hydrogen-bond acceptors (Lipinski definition) is 4. The van der Waals surface area contributed by atoms with Gasteiger partial charge in [-0.1, -0.05) is 17.7 Å². The Morgan fingerprint density at radius 2 is 2.11 bits per heavy atom. The molecule has 0 spiro atoms. The lowest BCUT2D eigenvalue weighted by molar-refractivity contribution is 0.409. The van der Waals surface area contributed by atoms with E-state index in [-0.39, 0.29) is 24.0 Å². The summed E-state index contributed by atoms with van der Waals surface area (Å²) in [5.74, 6) is 3.77. The van der Waals surface area contributed by atoms with Crippen LogP contribution in [0.4, 0.5) is 0 Å². The normalized spacial score (nSPS) is 13.5. The molecule has 7 nitrogen and oxygen atoms in total. The van der Waals surface area contributed by atoms with Crippen LogP contribution in [0.15, 0.2) is 23.2 Å². The number of halogens is 1. The summed E-state index contributed by atoms with van der Waals surface area (Å²) in [4.78, 5) is 4.30. The van der Waals surface area contributed by atoms with Crippen molar-refractivity contribution in [3.63, 3.8) is 0 Å². The number of aliphatic imine (C=N–C) groups is 1. The third kappa shape index (κ3) is 5.57. The molecule has 2 heterocycles. The number of hydrogen-bond donors (Lipinski definition) is 2. The number of aromatic nitrogens is 3. The molecular weight excluding hydrogens is 455 g/mol. The number of nitrogens with zero attached hydrogens (tertiary/aromatic N) is 4. The van der Waals surface area contributed by atoms with Gasteiger partial charge in [0.05, 0.1) is 13.7 Å². The number of rotatable bonds is 6. The Morgan fingerprint density at radius 3 is 2.89 bits per heavy atom. The Morgan fingerprint density at radius 1 is 1.26 bits per heavy atom. The number of methoxy groups -OCH3 is 1. The van der Waals surface area contributed by atoms with Crippen LogP contribution in [0.2, 0.25) is 0 Å². The first-order valence-electron chi connectivity index (χ1n) is 9.20. The van der Waals surface area contributed by atoms with Crippen molar-refractivity contribution in [2.24, 2.45) is 4.99 Å². The molecule has 27 heavy (non-hydrogen) atoms. The number of aryl methyl sites for hydroxylation is 2. The van der Waals surface area contributed by atoms with Gasteiger partial charge >= 0.3 is 0 Å². The van der Waals surface area contributed by atoms with E-state index in [0.717, 1.165) is 49.3 Å². The second-order valence-corrected chi connectivity index (χ2v) is 6.56. The van der Waals surface area contributed by atoms with Crippen molar-refractivity contribution in [3.8, 4) is 5.75 Å². The van der Waals surface area contributed by atoms with Crippen LogP contribution in [0.1, 0.15) is 35.6 Å². The molecule has 0 saturated carbocycles. The van der Waals surface area contributed by atoms with Crippen LogP contribution in [0, 0.1) is 6.92 Å². The predicted molar refractivity (Wildman–Crippen MR) is 118 cm³/mol. The fourth-order valence-corrected chi connectivity index (χ4v) is 3.30. The molecule has 3 rings (SSSR count). The van der Waals surface area contributed by atoms with Crippen LogP contribution in [-0.2, 0) is 25.9 Å². The van der Waals surface area contributed by atoms with Crippen molar-refractivity contribution >= 4 is 29.9 Å². The molecule has 0 aliphatic carbocycles. The molecule has 0 radical (unpaired) electrons. The number of ether oxygens (including phenoxy) is 1. The zero-order valence-corrected chi connectivity index (χ0v) is 18.6. The standard InChI is InChI=1S/C19H28N6O.HI/c1-14-7-8-16(26-3)15(12-14)9-10-21-19(20-2)22-13-18-24-23-17-6-4-5-11-25(17)18;/h7-8,12H,4-6,9-11,13H2,1-3H3,(H2,20,21,22);1H. The number of benzene rings is 1. The van der Waals surface area contributed by atoms with Gasteiger partial charge in [0.15, 0.2) is 11.8 Å². The Hall–Kier alpha value is -1.84. The van der Waals surface area contributed by atoms with Crippen LogP contribution >= 0.6 is 24.0 Å². The smallest absolute Gasteiger partial charge is 0.191 e. The van der Waals surface area contributed by atoms with Gasteiger partial charge in [-0.15, -0.1) is 34.2 Å². The molecular formula is C19H29IN6O. The van der Waals surface area contributed by atoms with E-state index in [1.807, 2.05) is 6.07 Å². The summed E-state index contributed by atoms with van der Waals surface area (Å²) in [6.07, 6.45) is 4.30. The molecule has 1 aliphatic heterocycles. The second-order valence-electron chi connectivity index (χ2n) is 6.56. The Labute approximate surface area is 178 Å². The maximum atomic E-state index is 5.44. The summed E-state index contributed by atoms with van der Waals surface area (Å²) in [6.45, 7) is 4.51. The summed E-state index contributed by atoms with van der Waals surface area (Å²) in [6, 6.07) is 6.25. The van der Waals surface area contributed by atoms with E-state index in [0.29, 0.717) is 6.54 Å². The zero-order chi connectivity index (χ0) is 18.4. The van der Waals surface area contributed by atoms with Gasteiger partial charge in [0.2, 0.25) is 0 Å². The quantitative estimate of drug-likeness (QED) is 0.375. The summed E-state index contributed by atoms with van der Waals surface area (Å²) in [7, 11) is 3.49. The second kappa shape index (κ2) is 10.5. The number of nitrogens with one attached hydrogen (secondary N) is 2. The van der Waals surface area contributed by atoms with E-state index in [1.54, 1.807) is 14.2 Å². The third-order valence-corrected chi connectivity index (χ3v) is 4.70. The minimum atomic E-state index is 0. The van der Waals surface area contributed by atoms with E-state index in [1.165, 1.54) is 24.0 Å². The van der Waals surface area contributed by atoms with Crippen molar-refractivity contribution in [3.05, 3.63) is 41.0 Å². The molecule has 8 heteroatoms. The Balaban J connectivity index is 0.00000261. The van der Waals surface area contributed by atoms with Gasteiger partial charge in [-0.05, 0) is 37.8 Å². The monoisotopic (exact) mass is 484 g/mol. The van der Waals surface area contributed by atoms with Crippen molar-refractivity contribution < 1.29 is 4.74 Å². The van der Waals surface area contributed by atoms with Crippen molar-refractivity contribution in [1.82, 2.24) is 25.4 Å². The third-order valence-electron chi connectivity index (χ3n) is 4.70. The topological polar surface area (TPSA) is 76.4 Å². The van der Waals surface area contributed by atoms with E-state index in [9.17, 15) is 0 Å². The summed E-state index contributed by atoms with van der Waals surface area (Å²) in [5, 5.41) is 15.3. The average Bonchev–Trinajstić information content (AvgIpc) is 3.08. The van der Waals surface area contributed by atoms with Gasteiger partial charge in [-0.2, -0.15) is 0 Å². The highest BCUT2D eigenvalue weighted by atomic mass is 127. The summed E-state index contributed by atoms with van der Waals surface area (Å²) < 4.78 is 7.67. The van der Waals surface area contributed by atoms with Gasteiger partial charge < -0.3 is 19.9 Å². The van der Waals surface area contributed by atoms with Gasteiger partial charge in [-0.3, -0.25) is 4.99 Å². The molecule has 1 aliphatic rings. The first kappa shape index (κ1) is 21.5. The molecule has 0 saturated heterocycles. The molecule has 0 amide bonds. The van der Waals surface area contributed by atoms with Crippen LogP contribution in [0.25, 0.3) is 0 Å². The van der Waals surface area contributed by atoms with E-state index in [4.69, 9.17) is 4.74 Å². The molecule has 148 valence electrons. The first-order chi connectivity index (χ1) is 12.7. The highest BCUT2D eigenvalue weighted by molar-refractivity contribution is 14.0. The Bertz CT molecular complexity index is 774. The average molecular weight is 484 g/mol. The van der Waals surface area contributed by atoms with Crippen LogP contribution < -0.4 is 15.4 Å². The van der Waals surface area contributed by atoms with Crippen molar-refractivity contribution in [2.75, 3.05) is 20.7 Å². The lowest BCUT2D eigenvalue weighted by Crippen LogP contribution is -2.38. The highest BCUT2D eigenvalue weighted by Crippen LogP contribution is 2.19. The van der Waals surface area contributed by atoms with Crippen LogP contribution in [0.5, 0.6) is 5.75 Å². The molecule has 1 aromatic carbocycles. The highest BCUT2D eigenvalue weighted by Gasteiger charge is 2.15. The van der Waals surface area contributed by atoms with E-state index < -0.39 is 0 Å². The lowest BCUT2D eigenvalue weighted by atomic mass is 10.1. The lowest BCUT2D eigenvalue weighted by Gasteiger charge is -2.16. The molecule has 2 N–H and O–H groups in total. The maximum absolute atomic E-state index is 5.44. The largest absolute Gasteiger partial charge is 0.496 e. The van der Waals surface area contributed by atoms with Crippen molar-refractivity contribution in [1.29, 1.82) is 0 Å². The Kier molecular flexibility index (Phi) is 8.33. The SMILES string of the molecule is CN=C(NCCc1cc(C)ccc1OC)NCc1nnc2n1CCCC2.I. The van der Waals surface area contributed by atoms with Crippen molar-refractivity contribution in [2.45, 2.75) is 45.7 Å². The van der Waals surface area contributed by atoms with Gasteiger partial charge in [0, 0.05) is 26.6 Å². The molecule has 0 unspecified atom stereocenters.